The van der Waals surface area contributed by atoms with Crippen molar-refractivity contribution in [2.24, 2.45) is 0 Å². The number of aromatic nitrogens is 2. The molecule has 0 saturated carbocycles. The van der Waals surface area contributed by atoms with Crippen molar-refractivity contribution >= 4 is 11.8 Å². The number of benzene rings is 2. The van der Waals surface area contributed by atoms with Crippen LogP contribution in [-0.4, -0.2) is 64.1 Å². The molecule has 3 aromatic rings. The van der Waals surface area contributed by atoms with E-state index < -0.39 is 0 Å². The van der Waals surface area contributed by atoms with E-state index in [4.69, 9.17) is 5.10 Å². The lowest BCUT2D eigenvalue weighted by Crippen LogP contribution is -2.51. The lowest BCUT2D eigenvalue weighted by Gasteiger charge is -2.34. The first-order valence-electron chi connectivity index (χ1n) is 12.1. The van der Waals surface area contributed by atoms with Crippen LogP contribution in [0.5, 0.6) is 0 Å². The summed E-state index contributed by atoms with van der Waals surface area (Å²) < 4.78 is 1.96. The summed E-state index contributed by atoms with van der Waals surface area (Å²) in [5, 5.41) is 7.76. The number of rotatable bonds is 6. The zero-order valence-electron chi connectivity index (χ0n) is 19.7. The van der Waals surface area contributed by atoms with Gasteiger partial charge in [-0.3, -0.25) is 14.5 Å². The van der Waals surface area contributed by atoms with Crippen LogP contribution in [0.15, 0.2) is 54.6 Å². The Morgan fingerprint density at radius 3 is 2.41 bits per heavy atom. The Labute approximate surface area is 200 Å². The molecule has 1 aromatic heterocycles. The predicted octanol–water partition coefficient (Wildman–Crippen LogP) is 2.74. The highest BCUT2D eigenvalue weighted by atomic mass is 16.2. The van der Waals surface area contributed by atoms with E-state index in [9.17, 15) is 9.59 Å². The summed E-state index contributed by atoms with van der Waals surface area (Å²) >= 11 is 0. The Balaban J connectivity index is 1.19. The van der Waals surface area contributed by atoms with Crippen LogP contribution >= 0.6 is 0 Å². The molecule has 2 heterocycles. The first-order chi connectivity index (χ1) is 16.6. The molecule has 1 N–H and O–H groups in total. The minimum absolute atomic E-state index is 0.0113. The molecule has 176 valence electrons. The van der Waals surface area contributed by atoms with Gasteiger partial charge in [-0.25, -0.2) is 4.68 Å². The molecule has 0 spiro atoms. The Morgan fingerprint density at radius 2 is 1.68 bits per heavy atom. The third-order valence-electron chi connectivity index (χ3n) is 6.77. The van der Waals surface area contributed by atoms with Crippen molar-refractivity contribution in [3.63, 3.8) is 0 Å². The monoisotopic (exact) mass is 457 g/mol. The molecule has 0 radical (unpaired) electrons. The minimum Gasteiger partial charge on any atom is -0.351 e. The van der Waals surface area contributed by atoms with E-state index in [1.807, 2.05) is 39.9 Å². The van der Waals surface area contributed by atoms with Crippen LogP contribution in [0.1, 0.15) is 39.3 Å². The Kier molecular flexibility index (Phi) is 6.45. The number of hydrogen-bond acceptors (Lipinski definition) is 4. The molecule has 2 amide bonds. The number of hydrogen-bond donors (Lipinski definition) is 1. The van der Waals surface area contributed by atoms with E-state index in [-0.39, 0.29) is 11.8 Å². The fourth-order valence-electron chi connectivity index (χ4n) is 4.82. The van der Waals surface area contributed by atoms with Gasteiger partial charge in [-0.05, 0) is 43.9 Å². The van der Waals surface area contributed by atoms with Gasteiger partial charge in [-0.1, -0.05) is 48.0 Å². The molecule has 5 rings (SSSR count). The molecule has 34 heavy (non-hydrogen) atoms. The highest BCUT2D eigenvalue weighted by molar-refractivity contribution is 5.94. The third-order valence-corrected chi connectivity index (χ3v) is 6.77. The molecular weight excluding hydrogens is 426 g/mol. The van der Waals surface area contributed by atoms with Crippen molar-refractivity contribution < 1.29 is 9.59 Å². The number of carbonyl (C=O) groups excluding carboxylic acids is 2. The fourth-order valence-corrected chi connectivity index (χ4v) is 4.82. The van der Waals surface area contributed by atoms with E-state index in [1.54, 1.807) is 0 Å². The molecule has 0 bridgehead atoms. The molecule has 2 aromatic carbocycles. The number of fused-ring (bicyclic) bond motifs is 1. The molecule has 1 aliphatic carbocycles. The van der Waals surface area contributed by atoms with Gasteiger partial charge in [0.05, 0.1) is 12.2 Å². The Hall–Kier alpha value is -3.45. The highest BCUT2D eigenvalue weighted by Gasteiger charge is 2.31. The Bertz CT molecular complexity index is 1160. The van der Waals surface area contributed by atoms with E-state index in [2.05, 4.69) is 41.4 Å². The number of amides is 2. The van der Waals surface area contributed by atoms with Gasteiger partial charge in [0.1, 0.15) is 0 Å². The molecular formula is C27H31N5O2. The van der Waals surface area contributed by atoms with Crippen LogP contribution in [0.2, 0.25) is 0 Å². The van der Waals surface area contributed by atoms with Crippen molar-refractivity contribution in [2.45, 2.75) is 32.7 Å². The standard InChI is InChI=1S/C27H31N5O2/c1-20-10-12-22(13-11-20)32-24-9-5-8-23(24)26(29-32)27(34)31-16-14-30(15-17-31)19-25(33)28-18-21-6-3-2-4-7-21/h2-4,6-7,10-13H,5,8-9,14-19H2,1H3,(H,28,33). The number of piperazine rings is 1. The second-order valence-electron chi connectivity index (χ2n) is 9.21. The smallest absolute Gasteiger partial charge is 0.274 e. The van der Waals surface area contributed by atoms with Crippen molar-refractivity contribution in [3.8, 4) is 5.69 Å². The quantitative estimate of drug-likeness (QED) is 0.618. The molecule has 1 saturated heterocycles. The maximum absolute atomic E-state index is 13.4. The maximum atomic E-state index is 13.4. The molecule has 1 fully saturated rings. The molecule has 2 aliphatic rings. The number of carbonyl (C=O) groups is 2. The summed E-state index contributed by atoms with van der Waals surface area (Å²) in [7, 11) is 0. The average molecular weight is 458 g/mol. The lowest BCUT2D eigenvalue weighted by molar-refractivity contribution is -0.122. The van der Waals surface area contributed by atoms with Gasteiger partial charge >= 0.3 is 0 Å². The number of nitrogens with one attached hydrogen (secondary N) is 1. The van der Waals surface area contributed by atoms with Gasteiger partial charge in [0.15, 0.2) is 5.69 Å². The van der Waals surface area contributed by atoms with Gasteiger partial charge in [-0.2, -0.15) is 5.10 Å². The summed E-state index contributed by atoms with van der Waals surface area (Å²) in [4.78, 5) is 29.8. The maximum Gasteiger partial charge on any atom is 0.274 e. The van der Waals surface area contributed by atoms with Crippen LogP contribution in [-0.2, 0) is 24.2 Å². The summed E-state index contributed by atoms with van der Waals surface area (Å²) in [5.41, 5.74) is 6.17. The van der Waals surface area contributed by atoms with Gasteiger partial charge < -0.3 is 10.2 Å². The van der Waals surface area contributed by atoms with Crippen LogP contribution in [0, 0.1) is 6.92 Å². The first kappa shape index (κ1) is 22.3. The average Bonchev–Trinajstić information content (AvgIpc) is 3.47. The SMILES string of the molecule is Cc1ccc(-n2nc(C(=O)N3CCN(CC(=O)NCc4ccccc4)CC3)c3c2CCC3)cc1. The second kappa shape index (κ2) is 9.81. The van der Waals surface area contributed by atoms with E-state index in [0.717, 1.165) is 36.1 Å². The van der Waals surface area contributed by atoms with E-state index >= 15 is 0 Å². The van der Waals surface area contributed by atoms with Crippen molar-refractivity contribution in [2.75, 3.05) is 32.7 Å². The number of aryl methyl sites for hydroxylation is 1. The zero-order chi connectivity index (χ0) is 23.5. The summed E-state index contributed by atoms with van der Waals surface area (Å²) in [6.45, 7) is 5.54. The molecule has 7 heteroatoms. The van der Waals surface area contributed by atoms with E-state index in [1.165, 1.54) is 11.3 Å². The fraction of sp³-hybridized carbons (Fsp3) is 0.370. The molecule has 1 aliphatic heterocycles. The topological polar surface area (TPSA) is 70.5 Å². The zero-order valence-corrected chi connectivity index (χ0v) is 19.7. The van der Waals surface area contributed by atoms with Gasteiger partial charge in [0.25, 0.3) is 5.91 Å². The van der Waals surface area contributed by atoms with Gasteiger partial charge in [0, 0.05) is 44.0 Å². The lowest BCUT2D eigenvalue weighted by atomic mass is 10.1. The third kappa shape index (κ3) is 4.75. The molecule has 0 unspecified atom stereocenters. The van der Waals surface area contributed by atoms with Gasteiger partial charge in [-0.15, -0.1) is 0 Å². The molecule has 7 nitrogen and oxygen atoms in total. The van der Waals surface area contributed by atoms with Crippen LogP contribution in [0.3, 0.4) is 0 Å². The highest BCUT2D eigenvalue weighted by Crippen LogP contribution is 2.29. The Morgan fingerprint density at radius 1 is 0.941 bits per heavy atom. The second-order valence-corrected chi connectivity index (χ2v) is 9.21. The summed E-state index contributed by atoms with van der Waals surface area (Å²) in [6.07, 6.45) is 2.92. The van der Waals surface area contributed by atoms with Crippen LogP contribution in [0.25, 0.3) is 5.69 Å². The van der Waals surface area contributed by atoms with Crippen molar-refractivity contribution in [3.05, 3.63) is 82.7 Å². The van der Waals surface area contributed by atoms with Crippen LogP contribution < -0.4 is 5.32 Å². The molecule has 0 atom stereocenters. The largest absolute Gasteiger partial charge is 0.351 e. The summed E-state index contributed by atoms with van der Waals surface area (Å²) in [5.74, 6) is 0.0236. The van der Waals surface area contributed by atoms with Crippen LogP contribution in [0.4, 0.5) is 0 Å². The van der Waals surface area contributed by atoms with E-state index in [0.29, 0.717) is 45.0 Å². The summed E-state index contributed by atoms with van der Waals surface area (Å²) in [6, 6.07) is 18.2. The number of nitrogens with zero attached hydrogens (tertiary/aromatic N) is 4. The predicted molar refractivity (Wildman–Crippen MR) is 131 cm³/mol. The van der Waals surface area contributed by atoms with Crippen molar-refractivity contribution in [1.82, 2.24) is 24.9 Å². The minimum atomic E-state index is 0.0113. The van der Waals surface area contributed by atoms with Gasteiger partial charge in [0.2, 0.25) is 5.91 Å². The normalized spacial score (nSPS) is 15.9. The first-order valence-corrected chi connectivity index (χ1v) is 12.1. The van der Waals surface area contributed by atoms with Crippen molar-refractivity contribution in [1.29, 1.82) is 0 Å².